The SMILES string of the molecule is Cc1c(C)n(Cc2ccc(-c3ccccc3C(=O)O)cc2)c2ccc(C(=O)N[C@@H](C)c3cncc(C(F)(F)F)c3)cc12. The largest absolute Gasteiger partial charge is 0.478 e. The Morgan fingerprint density at radius 1 is 0.976 bits per heavy atom. The molecule has 2 N–H and O–H groups in total. The summed E-state index contributed by atoms with van der Waals surface area (Å²) < 4.78 is 41.4. The van der Waals surface area contributed by atoms with Crippen LogP contribution in [0.4, 0.5) is 13.2 Å². The number of rotatable bonds is 7. The number of amides is 1. The minimum atomic E-state index is -4.52. The number of aryl methyl sites for hydroxylation is 1. The Morgan fingerprint density at radius 2 is 1.69 bits per heavy atom. The normalized spacial score (nSPS) is 12.3. The smallest absolute Gasteiger partial charge is 0.417 e. The van der Waals surface area contributed by atoms with Gasteiger partial charge in [0, 0.05) is 41.1 Å². The number of carboxylic acids is 1. The zero-order chi connectivity index (χ0) is 30.2. The molecule has 1 atom stereocenters. The van der Waals surface area contributed by atoms with Crippen LogP contribution >= 0.6 is 0 Å². The molecule has 0 spiro atoms. The summed E-state index contributed by atoms with van der Waals surface area (Å²) in [6, 6.07) is 20.3. The molecule has 0 aliphatic rings. The number of nitrogens with one attached hydrogen (secondary N) is 1. The second-order valence-electron chi connectivity index (χ2n) is 10.3. The molecule has 2 heterocycles. The average molecular weight is 572 g/mol. The number of aromatic carboxylic acids is 1. The first kappa shape index (κ1) is 28.6. The van der Waals surface area contributed by atoms with Gasteiger partial charge >= 0.3 is 12.1 Å². The predicted octanol–water partition coefficient (Wildman–Crippen LogP) is 7.58. The van der Waals surface area contributed by atoms with Crippen LogP contribution < -0.4 is 5.32 Å². The van der Waals surface area contributed by atoms with E-state index in [0.29, 0.717) is 17.7 Å². The topological polar surface area (TPSA) is 84.2 Å². The van der Waals surface area contributed by atoms with Gasteiger partial charge in [-0.1, -0.05) is 42.5 Å². The summed E-state index contributed by atoms with van der Waals surface area (Å²) in [5, 5.41) is 13.2. The average Bonchev–Trinajstić information content (AvgIpc) is 3.21. The molecule has 3 aromatic carbocycles. The fourth-order valence-corrected chi connectivity index (χ4v) is 5.10. The van der Waals surface area contributed by atoms with Gasteiger partial charge in [-0.15, -0.1) is 0 Å². The van der Waals surface area contributed by atoms with Crippen LogP contribution in [0.3, 0.4) is 0 Å². The highest BCUT2D eigenvalue weighted by Crippen LogP contribution is 2.31. The Morgan fingerprint density at radius 3 is 2.38 bits per heavy atom. The van der Waals surface area contributed by atoms with E-state index in [-0.39, 0.29) is 11.1 Å². The molecule has 0 aliphatic heterocycles. The zero-order valence-electron chi connectivity index (χ0n) is 23.2. The number of fused-ring (bicyclic) bond motifs is 1. The monoisotopic (exact) mass is 571 g/mol. The van der Waals surface area contributed by atoms with Crippen molar-refractivity contribution < 1.29 is 27.9 Å². The van der Waals surface area contributed by atoms with E-state index >= 15 is 0 Å². The van der Waals surface area contributed by atoms with Gasteiger partial charge in [-0.2, -0.15) is 13.2 Å². The number of halogens is 3. The Kier molecular flexibility index (Phi) is 7.60. The van der Waals surface area contributed by atoms with Crippen molar-refractivity contribution in [1.29, 1.82) is 0 Å². The molecule has 0 saturated heterocycles. The molecule has 42 heavy (non-hydrogen) atoms. The lowest BCUT2D eigenvalue weighted by atomic mass is 9.99. The minimum absolute atomic E-state index is 0.244. The lowest BCUT2D eigenvalue weighted by Gasteiger charge is -2.16. The first-order chi connectivity index (χ1) is 19.9. The molecule has 0 saturated carbocycles. The maximum Gasteiger partial charge on any atom is 0.417 e. The van der Waals surface area contributed by atoms with Gasteiger partial charge in [0.25, 0.3) is 5.91 Å². The molecule has 9 heteroatoms. The molecule has 6 nitrogen and oxygen atoms in total. The van der Waals surface area contributed by atoms with Crippen molar-refractivity contribution in [2.75, 3.05) is 0 Å². The standard InChI is InChI=1S/C33H28F3N3O3/c1-19-21(3)39(18-22-8-10-23(11-9-22)27-6-4-5-7-28(27)32(41)42)30-13-12-24(15-29(19)30)31(40)38-20(2)25-14-26(17-37-16-25)33(34,35)36/h4-17,20H,18H2,1-3H3,(H,38,40)(H,41,42)/t20-/m0/s1. The maximum atomic E-state index is 13.1. The van der Waals surface area contributed by atoms with Crippen LogP contribution in [0.1, 0.15) is 61.6 Å². The van der Waals surface area contributed by atoms with Gasteiger partial charge in [0.1, 0.15) is 0 Å². The number of carboxylic acid groups (broad SMARTS) is 1. The predicted molar refractivity (Wildman–Crippen MR) is 154 cm³/mol. The molecule has 1 amide bonds. The quantitative estimate of drug-likeness (QED) is 0.211. The van der Waals surface area contributed by atoms with Crippen molar-refractivity contribution in [3.8, 4) is 11.1 Å². The third-order valence-electron chi connectivity index (χ3n) is 7.60. The van der Waals surface area contributed by atoms with E-state index in [1.54, 1.807) is 37.3 Å². The highest BCUT2D eigenvalue weighted by molar-refractivity contribution is 5.99. The van der Waals surface area contributed by atoms with Gasteiger partial charge in [0.05, 0.1) is 17.2 Å². The van der Waals surface area contributed by atoms with E-state index in [2.05, 4.69) is 14.9 Å². The van der Waals surface area contributed by atoms with Crippen molar-refractivity contribution in [3.05, 3.63) is 124 Å². The van der Waals surface area contributed by atoms with Crippen molar-refractivity contribution in [3.63, 3.8) is 0 Å². The molecular weight excluding hydrogens is 543 g/mol. The van der Waals surface area contributed by atoms with E-state index in [1.165, 1.54) is 6.20 Å². The van der Waals surface area contributed by atoms with Crippen LogP contribution in [0.15, 0.2) is 85.2 Å². The summed E-state index contributed by atoms with van der Waals surface area (Å²) in [6.45, 7) is 6.18. The molecule has 0 bridgehead atoms. The molecule has 0 aliphatic carbocycles. The first-order valence-electron chi connectivity index (χ1n) is 13.3. The highest BCUT2D eigenvalue weighted by atomic mass is 19.4. The summed E-state index contributed by atoms with van der Waals surface area (Å²) in [7, 11) is 0. The Bertz CT molecular complexity index is 1810. The molecule has 2 aromatic heterocycles. The number of hydrogen-bond acceptors (Lipinski definition) is 3. The van der Waals surface area contributed by atoms with E-state index in [1.807, 2.05) is 50.2 Å². The van der Waals surface area contributed by atoms with Gasteiger partial charge in [-0.3, -0.25) is 9.78 Å². The number of hydrogen-bond donors (Lipinski definition) is 2. The summed E-state index contributed by atoms with van der Waals surface area (Å²) >= 11 is 0. The fraction of sp³-hybridized carbons (Fsp3) is 0.182. The molecule has 0 unspecified atom stereocenters. The van der Waals surface area contributed by atoms with E-state index in [0.717, 1.165) is 45.6 Å². The third-order valence-corrected chi connectivity index (χ3v) is 7.60. The van der Waals surface area contributed by atoms with Crippen LogP contribution in [-0.2, 0) is 12.7 Å². The first-order valence-corrected chi connectivity index (χ1v) is 13.3. The summed E-state index contributed by atoms with van der Waals surface area (Å²) in [5.41, 5.74) is 5.52. The molecule has 5 aromatic rings. The van der Waals surface area contributed by atoms with Gasteiger partial charge in [-0.25, -0.2) is 4.79 Å². The minimum Gasteiger partial charge on any atom is -0.478 e. The molecular formula is C33H28F3N3O3. The summed E-state index contributed by atoms with van der Waals surface area (Å²) in [5.74, 6) is -1.38. The van der Waals surface area contributed by atoms with Crippen molar-refractivity contribution in [2.45, 2.75) is 39.5 Å². The maximum absolute atomic E-state index is 13.1. The lowest BCUT2D eigenvalue weighted by molar-refractivity contribution is -0.137. The number of carbonyl (C=O) groups excluding carboxylic acids is 1. The summed E-state index contributed by atoms with van der Waals surface area (Å²) in [4.78, 5) is 28.4. The van der Waals surface area contributed by atoms with E-state index < -0.39 is 29.7 Å². The molecule has 0 fully saturated rings. The van der Waals surface area contributed by atoms with Gasteiger partial charge in [0.2, 0.25) is 0 Å². The Labute approximate surface area is 240 Å². The number of carbonyl (C=O) groups is 2. The molecule has 0 radical (unpaired) electrons. The lowest BCUT2D eigenvalue weighted by Crippen LogP contribution is -2.27. The van der Waals surface area contributed by atoms with E-state index in [9.17, 15) is 27.9 Å². The molecule has 5 rings (SSSR count). The number of alkyl halides is 3. The van der Waals surface area contributed by atoms with Crippen LogP contribution in [0.5, 0.6) is 0 Å². The summed E-state index contributed by atoms with van der Waals surface area (Å²) in [6.07, 6.45) is -2.45. The Balaban J connectivity index is 1.37. The van der Waals surface area contributed by atoms with Gasteiger partial charge in [0.15, 0.2) is 0 Å². The van der Waals surface area contributed by atoms with E-state index in [4.69, 9.17) is 0 Å². The van der Waals surface area contributed by atoms with Crippen LogP contribution in [0.25, 0.3) is 22.0 Å². The van der Waals surface area contributed by atoms with Crippen LogP contribution in [-0.4, -0.2) is 26.5 Å². The van der Waals surface area contributed by atoms with Crippen LogP contribution in [0.2, 0.25) is 0 Å². The molecule has 214 valence electrons. The van der Waals surface area contributed by atoms with Crippen molar-refractivity contribution >= 4 is 22.8 Å². The van der Waals surface area contributed by atoms with Crippen molar-refractivity contribution in [2.24, 2.45) is 0 Å². The van der Waals surface area contributed by atoms with Crippen LogP contribution in [0, 0.1) is 13.8 Å². The third kappa shape index (κ3) is 5.63. The Hall–Kier alpha value is -4.92. The van der Waals surface area contributed by atoms with Gasteiger partial charge in [-0.05, 0) is 78.9 Å². The second-order valence-corrected chi connectivity index (χ2v) is 10.3. The van der Waals surface area contributed by atoms with Gasteiger partial charge < -0.3 is 15.0 Å². The highest BCUT2D eigenvalue weighted by Gasteiger charge is 2.31. The van der Waals surface area contributed by atoms with Crippen molar-refractivity contribution in [1.82, 2.24) is 14.9 Å². The number of aromatic nitrogens is 2. The fourth-order valence-electron chi connectivity index (χ4n) is 5.10. The number of pyridine rings is 1. The number of nitrogens with zero attached hydrogens (tertiary/aromatic N) is 2. The zero-order valence-corrected chi connectivity index (χ0v) is 23.2. The number of benzene rings is 3. The second kappa shape index (κ2) is 11.2.